The van der Waals surface area contributed by atoms with Crippen molar-refractivity contribution in [2.24, 2.45) is 0 Å². The van der Waals surface area contributed by atoms with Gasteiger partial charge in [0, 0.05) is 13.1 Å². The normalized spacial score (nSPS) is 23.3. The van der Waals surface area contributed by atoms with Crippen molar-refractivity contribution in [3.05, 3.63) is 0 Å². The van der Waals surface area contributed by atoms with Crippen LogP contribution in [0.25, 0.3) is 0 Å². The Kier molecular flexibility index (Phi) is 6.15. The maximum Gasteiger partial charge on any atom is 0.0700 e. The van der Waals surface area contributed by atoms with Gasteiger partial charge in [0.15, 0.2) is 0 Å². The first-order chi connectivity index (χ1) is 6.43. The van der Waals surface area contributed by atoms with Gasteiger partial charge in [0.05, 0.1) is 12.7 Å². The minimum atomic E-state index is 0.456. The average Bonchev–Trinajstić information content (AvgIpc) is 2.19. The summed E-state index contributed by atoms with van der Waals surface area (Å²) in [5, 5.41) is 6.74. The van der Waals surface area contributed by atoms with E-state index in [9.17, 15) is 0 Å². The largest absolute Gasteiger partial charge is 0.376 e. The van der Waals surface area contributed by atoms with Crippen LogP contribution in [0.15, 0.2) is 0 Å². The van der Waals surface area contributed by atoms with Crippen molar-refractivity contribution in [2.45, 2.75) is 32.3 Å². The molecule has 0 radical (unpaired) electrons. The second-order valence-corrected chi connectivity index (χ2v) is 3.59. The van der Waals surface area contributed by atoms with Crippen LogP contribution < -0.4 is 10.6 Å². The van der Waals surface area contributed by atoms with E-state index in [0.29, 0.717) is 6.10 Å². The number of morpholine rings is 1. The number of hydrogen-bond acceptors (Lipinski definition) is 3. The van der Waals surface area contributed by atoms with Crippen molar-refractivity contribution in [1.29, 1.82) is 0 Å². The molecule has 1 unspecified atom stereocenters. The molecule has 0 aromatic carbocycles. The van der Waals surface area contributed by atoms with Crippen LogP contribution >= 0.6 is 0 Å². The van der Waals surface area contributed by atoms with Crippen LogP contribution in [-0.4, -0.2) is 38.9 Å². The van der Waals surface area contributed by atoms with Crippen molar-refractivity contribution >= 4 is 0 Å². The molecule has 1 fully saturated rings. The molecule has 1 atom stereocenters. The van der Waals surface area contributed by atoms with Crippen LogP contribution in [0, 0.1) is 0 Å². The molecule has 1 rings (SSSR count). The zero-order valence-electron chi connectivity index (χ0n) is 8.64. The van der Waals surface area contributed by atoms with E-state index in [4.69, 9.17) is 4.74 Å². The van der Waals surface area contributed by atoms with Gasteiger partial charge in [0.2, 0.25) is 0 Å². The number of hydrogen-bond donors (Lipinski definition) is 2. The van der Waals surface area contributed by atoms with Gasteiger partial charge >= 0.3 is 0 Å². The van der Waals surface area contributed by atoms with E-state index in [1.165, 1.54) is 19.3 Å². The molecule has 1 saturated heterocycles. The summed E-state index contributed by atoms with van der Waals surface area (Å²) in [6.07, 6.45) is 4.09. The summed E-state index contributed by atoms with van der Waals surface area (Å²) in [6.45, 7) is 7.41. The van der Waals surface area contributed by atoms with Gasteiger partial charge in [0.1, 0.15) is 0 Å². The molecular formula is C10H22N2O. The third-order valence-electron chi connectivity index (χ3n) is 2.31. The molecule has 78 valence electrons. The topological polar surface area (TPSA) is 33.3 Å². The van der Waals surface area contributed by atoms with Crippen LogP contribution in [0.3, 0.4) is 0 Å². The molecule has 13 heavy (non-hydrogen) atoms. The molecule has 0 aromatic heterocycles. The van der Waals surface area contributed by atoms with Gasteiger partial charge in [-0.2, -0.15) is 0 Å². The molecule has 3 nitrogen and oxygen atoms in total. The van der Waals surface area contributed by atoms with Crippen molar-refractivity contribution in [3.8, 4) is 0 Å². The Morgan fingerprint density at radius 2 is 2.38 bits per heavy atom. The SMILES string of the molecule is CCCNCCCC1CNCCO1. The monoisotopic (exact) mass is 186 g/mol. The quantitative estimate of drug-likeness (QED) is 0.601. The van der Waals surface area contributed by atoms with Gasteiger partial charge in [-0.1, -0.05) is 6.92 Å². The van der Waals surface area contributed by atoms with Crippen molar-refractivity contribution in [2.75, 3.05) is 32.8 Å². The molecule has 1 heterocycles. The number of rotatable bonds is 6. The highest BCUT2D eigenvalue weighted by Crippen LogP contribution is 2.03. The predicted octanol–water partition coefficient (Wildman–Crippen LogP) is 0.755. The maximum atomic E-state index is 5.59. The minimum Gasteiger partial charge on any atom is -0.376 e. The summed E-state index contributed by atoms with van der Waals surface area (Å²) >= 11 is 0. The second kappa shape index (κ2) is 7.30. The van der Waals surface area contributed by atoms with Crippen molar-refractivity contribution in [1.82, 2.24) is 10.6 Å². The molecule has 0 bridgehead atoms. The van der Waals surface area contributed by atoms with E-state index in [-0.39, 0.29) is 0 Å². The lowest BCUT2D eigenvalue weighted by Gasteiger charge is -2.23. The fourth-order valence-corrected chi connectivity index (χ4v) is 1.56. The first-order valence-corrected chi connectivity index (χ1v) is 5.46. The molecule has 2 N–H and O–H groups in total. The third kappa shape index (κ3) is 5.24. The molecular weight excluding hydrogens is 164 g/mol. The summed E-state index contributed by atoms with van der Waals surface area (Å²) < 4.78 is 5.59. The lowest BCUT2D eigenvalue weighted by Crippen LogP contribution is -2.38. The van der Waals surface area contributed by atoms with E-state index >= 15 is 0 Å². The van der Waals surface area contributed by atoms with E-state index < -0.39 is 0 Å². The summed E-state index contributed by atoms with van der Waals surface area (Å²) in [7, 11) is 0. The van der Waals surface area contributed by atoms with Gasteiger partial charge < -0.3 is 15.4 Å². The Bertz CT molecular complexity index is 113. The highest BCUT2D eigenvalue weighted by atomic mass is 16.5. The number of ether oxygens (including phenoxy) is 1. The zero-order valence-corrected chi connectivity index (χ0v) is 8.64. The first kappa shape index (κ1) is 11.0. The van der Waals surface area contributed by atoms with Crippen molar-refractivity contribution < 1.29 is 4.74 Å². The van der Waals surface area contributed by atoms with E-state index in [0.717, 1.165) is 32.8 Å². The highest BCUT2D eigenvalue weighted by molar-refractivity contribution is 4.67. The van der Waals surface area contributed by atoms with Crippen LogP contribution in [-0.2, 0) is 4.74 Å². The van der Waals surface area contributed by atoms with Crippen LogP contribution in [0.1, 0.15) is 26.2 Å². The Morgan fingerprint density at radius 3 is 3.08 bits per heavy atom. The van der Waals surface area contributed by atoms with Gasteiger partial charge in [-0.05, 0) is 32.4 Å². The summed E-state index contributed by atoms with van der Waals surface area (Å²) in [5.41, 5.74) is 0. The Balaban J connectivity index is 1.86. The second-order valence-electron chi connectivity index (χ2n) is 3.59. The molecule has 1 aliphatic heterocycles. The third-order valence-corrected chi connectivity index (χ3v) is 2.31. The fourth-order valence-electron chi connectivity index (χ4n) is 1.56. The Morgan fingerprint density at radius 1 is 1.46 bits per heavy atom. The maximum absolute atomic E-state index is 5.59. The minimum absolute atomic E-state index is 0.456. The average molecular weight is 186 g/mol. The smallest absolute Gasteiger partial charge is 0.0700 e. The standard InChI is InChI=1S/C10H22N2O/c1-2-5-11-6-3-4-10-9-12-7-8-13-10/h10-12H,2-9H2,1H3. The molecule has 0 amide bonds. The van der Waals surface area contributed by atoms with Gasteiger partial charge in [-0.25, -0.2) is 0 Å². The van der Waals surface area contributed by atoms with Gasteiger partial charge in [-0.15, -0.1) is 0 Å². The Hall–Kier alpha value is -0.120. The van der Waals surface area contributed by atoms with Gasteiger partial charge in [0.25, 0.3) is 0 Å². The first-order valence-electron chi connectivity index (χ1n) is 5.46. The highest BCUT2D eigenvalue weighted by Gasteiger charge is 2.11. The number of nitrogens with one attached hydrogen (secondary N) is 2. The van der Waals surface area contributed by atoms with Crippen LogP contribution in [0.5, 0.6) is 0 Å². The Labute approximate surface area is 81.2 Å². The van der Waals surface area contributed by atoms with Gasteiger partial charge in [-0.3, -0.25) is 0 Å². The molecule has 0 aromatic rings. The summed E-state index contributed by atoms with van der Waals surface area (Å²) in [5.74, 6) is 0. The van der Waals surface area contributed by atoms with E-state index in [1.807, 2.05) is 0 Å². The lowest BCUT2D eigenvalue weighted by molar-refractivity contribution is 0.0225. The van der Waals surface area contributed by atoms with Crippen molar-refractivity contribution in [3.63, 3.8) is 0 Å². The predicted molar refractivity (Wildman–Crippen MR) is 55.0 cm³/mol. The lowest BCUT2D eigenvalue weighted by atomic mass is 10.2. The van der Waals surface area contributed by atoms with Crippen LogP contribution in [0.4, 0.5) is 0 Å². The summed E-state index contributed by atoms with van der Waals surface area (Å²) in [6, 6.07) is 0. The molecule has 3 heteroatoms. The summed E-state index contributed by atoms with van der Waals surface area (Å²) in [4.78, 5) is 0. The molecule has 0 saturated carbocycles. The molecule has 0 spiro atoms. The molecule has 0 aliphatic carbocycles. The van der Waals surface area contributed by atoms with E-state index in [2.05, 4.69) is 17.6 Å². The fraction of sp³-hybridized carbons (Fsp3) is 1.00. The van der Waals surface area contributed by atoms with Crippen LogP contribution in [0.2, 0.25) is 0 Å². The molecule has 1 aliphatic rings. The van der Waals surface area contributed by atoms with E-state index in [1.54, 1.807) is 0 Å². The zero-order chi connectivity index (χ0) is 9.36.